The van der Waals surface area contributed by atoms with Gasteiger partial charge in [0.2, 0.25) is 0 Å². The van der Waals surface area contributed by atoms with Gasteiger partial charge in [-0.15, -0.1) is 6.42 Å². The Morgan fingerprint density at radius 1 is 1.40 bits per heavy atom. The highest BCUT2D eigenvalue weighted by molar-refractivity contribution is 5.83. The number of hydrogen-bond acceptors (Lipinski definition) is 2. The Balaban J connectivity index is 2.07. The second-order valence-electron chi connectivity index (χ2n) is 5.99. The van der Waals surface area contributed by atoms with Crippen molar-refractivity contribution >= 4 is 12.0 Å². The Bertz CT molecular complexity index is 425. The van der Waals surface area contributed by atoms with Gasteiger partial charge in [0.25, 0.3) is 0 Å². The minimum atomic E-state index is -0.919. The average molecular weight is 278 g/mol. The van der Waals surface area contributed by atoms with E-state index in [1.54, 1.807) is 4.90 Å². The van der Waals surface area contributed by atoms with E-state index in [0.717, 1.165) is 19.3 Å². The molecule has 0 spiro atoms. The molecule has 1 saturated heterocycles. The number of carbonyl (C=O) groups is 2. The van der Waals surface area contributed by atoms with Gasteiger partial charge in [0.15, 0.2) is 0 Å². The fourth-order valence-electron chi connectivity index (χ4n) is 2.72. The number of carboxylic acid groups (broad SMARTS) is 1. The summed E-state index contributed by atoms with van der Waals surface area (Å²) in [5, 5.41) is 9.33. The largest absolute Gasteiger partial charge is 0.480 e. The van der Waals surface area contributed by atoms with E-state index >= 15 is 0 Å². The Morgan fingerprint density at radius 2 is 2.10 bits per heavy atom. The molecule has 0 aromatic rings. The summed E-state index contributed by atoms with van der Waals surface area (Å²) < 4.78 is 0. The van der Waals surface area contributed by atoms with E-state index in [4.69, 9.17) is 6.42 Å². The normalized spacial score (nSPS) is 25.9. The molecule has 20 heavy (non-hydrogen) atoms. The third-order valence-electron chi connectivity index (χ3n) is 4.12. The number of likely N-dealkylation sites (tertiary alicyclic amines) is 1. The third-order valence-corrected chi connectivity index (χ3v) is 4.12. The van der Waals surface area contributed by atoms with Crippen LogP contribution in [0.3, 0.4) is 0 Å². The standard InChI is InChI=1S/C15H22N2O3/c1-3-7-16(10-12-4-5-12)15(20)17-8-6-11(2)9-13(17)14(18)19/h1,11-13H,4-10H2,2H3,(H,18,19). The predicted molar refractivity (Wildman–Crippen MR) is 75.1 cm³/mol. The monoisotopic (exact) mass is 278 g/mol. The minimum absolute atomic E-state index is 0.214. The van der Waals surface area contributed by atoms with Crippen molar-refractivity contribution in [3.05, 3.63) is 0 Å². The van der Waals surface area contributed by atoms with Gasteiger partial charge in [-0.25, -0.2) is 9.59 Å². The van der Waals surface area contributed by atoms with E-state index < -0.39 is 12.0 Å². The van der Waals surface area contributed by atoms with Gasteiger partial charge >= 0.3 is 12.0 Å². The highest BCUT2D eigenvalue weighted by atomic mass is 16.4. The SMILES string of the molecule is C#CCN(CC1CC1)C(=O)N1CCC(C)CC1C(=O)O. The van der Waals surface area contributed by atoms with Crippen LogP contribution >= 0.6 is 0 Å². The van der Waals surface area contributed by atoms with Crippen molar-refractivity contribution < 1.29 is 14.7 Å². The maximum Gasteiger partial charge on any atom is 0.326 e. The second kappa shape index (κ2) is 6.17. The van der Waals surface area contributed by atoms with Crippen LogP contribution in [0.2, 0.25) is 0 Å². The molecule has 2 atom stereocenters. The van der Waals surface area contributed by atoms with E-state index in [9.17, 15) is 14.7 Å². The van der Waals surface area contributed by atoms with E-state index in [-0.39, 0.29) is 12.6 Å². The topological polar surface area (TPSA) is 60.9 Å². The first-order valence-corrected chi connectivity index (χ1v) is 7.24. The summed E-state index contributed by atoms with van der Waals surface area (Å²) in [6, 6.07) is -0.931. The zero-order valence-corrected chi connectivity index (χ0v) is 11.9. The van der Waals surface area contributed by atoms with Crippen molar-refractivity contribution in [1.29, 1.82) is 0 Å². The Morgan fingerprint density at radius 3 is 2.65 bits per heavy atom. The molecule has 2 rings (SSSR count). The highest BCUT2D eigenvalue weighted by Gasteiger charge is 2.37. The van der Waals surface area contributed by atoms with E-state index in [1.165, 1.54) is 4.90 Å². The molecule has 0 aromatic heterocycles. The number of amides is 2. The van der Waals surface area contributed by atoms with Crippen LogP contribution in [0, 0.1) is 24.2 Å². The summed E-state index contributed by atoms with van der Waals surface area (Å²) in [4.78, 5) is 27.1. The molecule has 1 aliphatic heterocycles. The molecule has 2 fully saturated rings. The fraction of sp³-hybridized carbons (Fsp3) is 0.733. The first-order valence-electron chi connectivity index (χ1n) is 7.24. The molecule has 2 amide bonds. The molecular formula is C15H22N2O3. The van der Waals surface area contributed by atoms with Crippen LogP contribution in [0.1, 0.15) is 32.6 Å². The number of urea groups is 1. The fourth-order valence-corrected chi connectivity index (χ4v) is 2.72. The first-order chi connectivity index (χ1) is 9.52. The molecule has 2 aliphatic rings. The van der Waals surface area contributed by atoms with Gasteiger partial charge in [-0.3, -0.25) is 0 Å². The number of terminal acetylenes is 1. The van der Waals surface area contributed by atoms with Crippen molar-refractivity contribution in [2.75, 3.05) is 19.6 Å². The molecule has 1 N–H and O–H groups in total. The lowest BCUT2D eigenvalue weighted by molar-refractivity contribution is -0.144. The number of carbonyl (C=O) groups excluding carboxylic acids is 1. The van der Waals surface area contributed by atoms with Crippen LogP contribution in [0.15, 0.2) is 0 Å². The van der Waals surface area contributed by atoms with Gasteiger partial charge in [0, 0.05) is 13.1 Å². The van der Waals surface area contributed by atoms with Gasteiger partial charge in [0.05, 0.1) is 6.54 Å². The van der Waals surface area contributed by atoms with E-state index in [2.05, 4.69) is 5.92 Å². The summed E-state index contributed by atoms with van der Waals surface area (Å²) in [7, 11) is 0. The summed E-state index contributed by atoms with van der Waals surface area (Å²) in [6.07, 6.45) is 8.97. The minimum Gasteiger partial charge on any atom is -0.480 e. The Hall–Kier alpha value is -1.70. The molecule has 1 saturated carbocycles. The lowest BCUT2D eigenvalue weighted by atomic mass is 9.92. The summed E-state index contributed by atoms with van der Waals surface area (Å²) in [5.41, 5.74) is 0. The maximum absolute atomic E-state index is 12.6. The van der Waals surface area contributed by atoms with E-state index in [1.807, 2.05) is 6.92 Å². The van der Waals surface area contributed by atoms with Gasteiger partial charge in [-0.05, 0) is 37.5 Å². The van der Waals surface area contributed by atoms with Crippen molar-refractivity contribution in [1.82, 2.24) is 9.80 Å². The number of hydrogen-bond donors (Lipinski definition) is 1. The first kappa shape index (κ1) is 14.7. The van der Waals surface area contributed by atoms with Crippen molar-refractivity contribution in [3.63, 3.8) is 0 Å². The molecule has 0 bridgehead atoms. The molecule has 1 aliphatic carbocycles. The van der Waals surface area contributed by atoms with Gasteiger partial charge in [-0.1, -0.05) is 12.8 Å². The third kappa shape index (κ3) is 3.44. The summed E-state index contributed by atoms with van der Waals surface area (Å²) >= 11 is 0. The lowest BCUT2D eigenvalue weighted by Gasteiger charge is -2.38. The zero-order chi connectivity index (χ0) is 14.7. The average Bonchev–Trinajstić information content (AvgIpc) is 3.21. The highest BCUT2D eigenvalue weighted by Crippen LogP contribution is 2.31. The number of aliphatic carboxylic acids is 1. The van der Waals surface area contributed by atoms with Crippen molar-refractivity contribution in [2.45, 2.75) is 38.6 Å². The molecule has 1 heterocycles. The van der Waals surface area contributed by atoms with Crippen LogP contribution < -0.4 is 0 Å². The van der Waals surface area contributed by atoms with Crippen LogP contribution in [0.25, 0.3) is 0 Å². The molecule has 0 radical (unpaired) electrons. The molecule has 0 aromatic carbocycles. The number of nitrogens with zero attached hydrogens (tertiary/aromatic N) is 2. The maximum atomic E-state index is 12.6. The smallest absolute Gasteiger partial charge is 0.326 e. The van der Waals surface area contributed by atoms with Gasteiger partial charge in [0.1, 0.15) is 6.04 Å². The van der Waals surface area contributed by atoms with Gasteiger partial charge in [-0.2, -0.15) is 0 Å². The molecule has 5 nitrogen and oxygen atoms in total. The lowest BCUT2D eigenvalue weighted by Crippen LogP contribution is -2.54. The van der Waals surface area contributed by atoms with E-state index in [0.29, 0.717) is 31.3 Å². The second-order valence-corrected chi connectivity index (χ2v) is 5.99. The summed E-state index contributed by atoms with van der Waals surface area (Å²) in [6.45, 7) is 3.44. The van der Waals surface area contributed by atoms with Crippen LogP contribution in [0.5, 0.6) is 0 Å². The zero-order valence-electron chi connectivity index (χ0n) is 11.9. The quantitative estimate of drug-likeness (QED) is 0.795. The number of carboxylic acids is 1. The molecule has 2 unspecified atom stereocenters. The molecular weight excluding hydrogens is 256 g/mol. The van der Waals surface area contributed by atoms with Crippen LogP contribution in [-0.2, 0) is 4.79 Å². The Kier molecular flexibility index (Phi) is 4.53. The predicted octanol–water partition coefficient (Wildman–Crippen LogP) is 1.64. The van der Waals surface area contributed by atoms with Crippen molar-refractivity contribution in [3.8, 4) is 12.3 Å². The molecule has 5 heteroatoms. The van der Waals surface area contributed by atoms with Crippen LogP contribution in [0.4, 0.5) is 4.79 Å². The van der Waals surface area contributed by atoms with Crippen molar-refractivity contribution in [2.24, 2.45) is 11.8 Å². The van der Waals surface area contributed by atoms with Crippen LogP contribution in [-0.4, -0.2) is 52.6 Å². The summed E-state index contributed by atoms with van der Waals surface area (Å²) in [5.74, 6) is 2.46. The Labute approximate surface area is 119 Å². The number of piperidine rings is 1. The van der Waals surface area contributed by atoms with Gasteiger partial charge < -0.3 is 14.9 Å². The number of rotatable bonds is 4. The molecule has 110 valence electrons.